The number of carbonyl (C=O) groups excluding carboxylic acids is 2. The first-order chi connectivity index (χ1) is 12.7. The quantitative estimate of drug-likeness (QED) is 0.692. The van der Waals surface area contributed by atoms with Gasteiger partial charge in [0.05, 0.1) is 45.8 Å². The highest BCUT2D eigenvalue weighted by atomic mass is 32.1. The Balaban J connectivity index is 1.33. The summed E-state index contributed by atoms with van der Waals surface area (Å²) < 4.78 is 1.08. The van der Waals surface area contributed by atoms with Gasteiger partial charge in [-0.2, -0.15) is 10.2 Å². The van der Waals surface area contributed by atoms with Crippen LogP contribution in [0.25, 0.3) is 10.2 Å². The maximum absolute atomic E-state index is 12.9. The van der Waals surface area contributed by atoms with Crippen LogP contribution in [0.3, 0.4) is 0 Å². The van der Waals surface area contributed by atoms with Crippen LogP contribution in [-0.2, 0) is 0 Å². The number of amides is 2. The first kappa shape index (κ1) is 15.4. The fourth-order valence-electron chi connectivity index (χ4n) is 3.90. The maximum Gasteiger partial charge on any atom is 0.255 e. The fourth-order valence-corrected chi connectivity index (χ4v) is 4.56. The van der Waals surface area contributed by atoms with Crippen LogP contribution < -0.4 is 0 Å². The molecular weight excluding hydrogens is 350 g/mol. The zero-order chi connectivity index (χ0) is 17.7. The van der Waals surface area contributed by atoms with Crippen LogP contribution in [0.4, 0.5) is 0 Å². The van der Waals surface area contributed by atoms with Crippen molar-refractivity contribution in [2.24, 2.45) is 0 Å². The molecule has 2 aromatic heterocycles. The zero-order valence-electron chi connectivity index (χ0n) is 13.8. The Labute approximate surface area is 153 Å². The minimum atomic E-state index is -0.0385. The predicted molar refractivity (Wildman–Crippen MR) is 95.9 cm³/mol. The molecule has 8 heteroatoms. The van der Waals surface area contributed by atoms with Crippen molar-refractivity contribution in [3.8, 4) is 0 Å². The van der Waals surface area contributed by atoms with Crippen molar-refractivity contribution in [2.75, 3.05) is 13.1 Å². The molecule has 0 unspecified atom stereocenters. The highest BCUT2D eigenvalue weighted by Gasteiger charge is 2.47. The van der Waals surface area contributed by atoms with E-state index in [0.717, 1.165) is 16.6 Å². The second-order valence-corrected chi connectivity index (χ2v) is 7.51. The van der Waals surface area contributed by atoms with E-state index < -0.39 is 0 Å². The van der Waals surface area contributed by atoms with E-state index in [2.05, 4.69) is 15.2 Å². The summed E-state index contributed by atoms with van der Waals surface area (Å²) in [6.45, 7) is 1.14. The molecular formula is C18H15N5O2S. The number of piperazine rings is 1. The van der Waals surface area contributed by atoms with Gasteiger partial charge in [-0.1, -0.05) is 0 Å². The van der Waals surface area contributed by atoms with E-state index >= 15 is 0 Å². The summed E-state index contributed by atoms with van der Waals surface area (Å²) in [7, 11) is 0. The first-order valence-corrected chi connectivity index (χ1v) is 9.30. The molecule has 2 aliphatic rings. The lowest BCUT2D eigenvalue weighted by molar-refractivity contribution is 0.0526. The molecule has 0 N–H and O–H groups in total. The maximum atomic E-state index is 12.9. The van der Waals surface area contributed by atoms with Gasteiger partial charge in [-0.15, -0.1) is 11.3 Å². The Morgan fingerprint density at radius 3 is 2.46 bits per heavy atom. The molecule has 4 heterocycles. The SMILES string of the molecule is O=C(c1ccnnc1)N1C[C@@H]2C[C@H]1CN2C(=O)c1ccc2scnc2c1. The van der Waals surface area contributed by atoms with Crippen molar-refractivity contribution in [3.63, 3.8) is 0 Å². The Kier molecular flexibility index (Phi) is 3.46. The van der Waals surface area contributed by atoms with E-state index in [1.807, 2.05) is 28.0 Å². The average Bonchev–Trinajstić information content (AvgIpc) is 3.41. The second-order valence-electron chi connectivity index (χ2n) is 6.62. The molecule has 3 aromatic rings. The average molecular weight is 365 g/mol. The standard InChI is InChI=1S/C18H15N5O2S/c24-17(11-1-2-16-15(5-11)19-10-26-16)22-8-14-6-13(22)9-23(14)18(25)12-3-4-20-21-7-12/h1-5,7,10,13-14H,6,8-9H2/t13-,14-/m0/s1. The van der Waals surface area contributed by atoms with Crippen molar-refractivity contribution in [1.29, 1.82) is 0 Å². The lowest BCUT2D eigenvalue weighted by atomic mass is 10.1. The number of thiazole rings is 1. The van der Waals surface area contributed by atoms with E-state index in [9.17, 15) is 9.59 Å². The van der Waals surface area contributed by atoms with Gasteiger partial charge in [0.2, 0.25) is 0 Å². The summed E-state index contributed by atoms with van der Waals surface area (Å²) >= 11 is 1.56. The Hall–Kier alpha value is -2.87. The number of nitrogens with zero attached hydrogens (tertiary/aromatic N) is 5. The molecule has 2 amide bonds. The number of fused-ring (bicyclic) bond motifs is 3. The molecule has 0 saturated carbocycles. The molecule has 0 spiro atoms. The minimum absolute atomic E-state index is 0.0186. The summed E-state index contributed by atoms with van der Waals surface area (Å²) in [6, 6.07) is 7.46. The van der Waals surface area contributed by atoms with Crippen LogP contribution in [0.5, 0.6) is 0 Å². The van der Waals surface area contributed by atoms with Gasteiger partial charge >= 0.3 is 0 Å². The number of benzene rings is 1. The predicted octanol–water partition coefficient (Wildman–Crippen LogP) is 1.83. The van der Waals surface area contributed by atoms with Gasteiger partial charge in [-0.3, -0.25) is 9.59 Å². The second kappa shape index (κ2) is 5.84. The summed E-state index contributed by atoms with van der Waals surface area (Å²) in [6.07, 6.45) is 3.83. The molecule has 0 aliphatic carbocycles. The van der Waals surface area contributed by atoms with Crippen molar-refractivity contribution in [1.82, 2.24) is 25.0 Å². The van der Waals surface area contributed by atoms with E-state index in [4.69, 9.17) is 0 Å². The molecule has 2 aliphatic heterocycles. The molecule has 2 bridgehead atoms. The van der Waals surface area contributed by atoms with Gasteiger partial charge < -0.3 is 9.80 Å². The molecule has 0 radical (unpaired) electrons. The van der Waals surface area contributed by atoms with Crippen LogP contribution >= 0.6 is 11.3 Å². The van der Waals surface area contributed by atoms with E-state index in [1.54, 1.807) is 22.9 Å². The lowest BCUT2D eigenvalue weighted by Crippen LogP contribution is -2.50. The van der Waals surface area contributed by atoms with Gasteiger partial charge in [0.15, 0.2) is 0 Å². The number of likely N-dealkylation sites (tertiary alicyclic amines) is 2. The molecule has 1 aromatic carbocycles. The number of rotatable bonds is 2. The largest absolute Gasteiger partial charge is 0.332 e. The Morgan fingerprint density at radius 1 is 1.00 bits per heavy atom. The van der Waals surface area contributed by atoms with Crippen molar-refractivity contribution < 1.29 is 9.59 Å². The number of hydrogen-bond donors (Lipinski definition) is 0. The summed E-state index contributed by atoms with van der Waals surface area (Å²) in [5.74, 6) is -0.0199. The van der Waals surface area contributed by atoms with E-state index in [0.29, 0.717) is 24.2 Å². The molecule has 26 heavy (non-hydrogen) atoms. The topological polar surface area (TPSA) is 79.3 Å². The number of aromatic nitrogens is 3. The van der Waals surface area contributed by atoms with Crippen LogP contribution in [0.2, 0.25) is 0 Å². The summed E-state index contributed by atoms with van der Waals surface area (Å²) in [5, 5.41) is 7.49. The minimum Gasteiger partial charge on any atom is -0.332 e. The third kappa shape index (κ3) is 2.37. The lowest BCUT2D eigenvalue weighted by Gasteiger charge is -2.34. The van der Waals surface area contributed by atoms with E-state index in [1.165, 1.54) is 12.4 Å². The third-order valence-electron chi connectivity index (χ3n) is 5.17. The Morgan fingerprint density at radius 2 is 1.77 bits per heavy atom. The fraction of sp³-hybridized carbons (Fsp3) is 0.278. The monoisotopic (exact) mass is 365 g/mol. The van der Waals surface area contributed by atoms with Gasteiger partial charge in [0.25, 0.3) is 11.8 Å². The number of carbonyl (C=O) groups is 2. The molecule has 2 atom stereocenters. The van der Waals surface area contributed by atoms with Crippen LogP contribution in [0.1, 0.15) is 27.1 Å². The van der Waals surface area contributed by atoms with Gasteiger partial charge in [-0.05, 0) is 30.7 Å². The molecule has 5 rings (SSSR count). The summed E-state index contributed by atoms with van der Waals surface area (Å²) in [4.78, 5) is 33.6. The molecule has 130 valence electrons. The number of hydrogen-bond acceptors (Lipinski definition) is 6. The molecule has 2 saturated heterocycles. The van der Waals surface area contributed by atoms with Crippen molar-refractivity contribution in [3.05, 3.63) is 53.3 Å². The first-order valence-electron chi connectivity index (χ1n) is 8.42. The van der Waals surface area contributed by atoms with Crippen LogP contribution in [-0.4, -0.2) is 62.0 Å². The summed E-state index contributed by atoms with van der Waals surface area (Å²) in [5.41, 5.74) is 3.84. The van der Waals surface area contributed by atoms with Gasteiger partial charge in [-0.25, -0.2) is 4.98 Å². The van der Waals surface area contributed by atoms with Gasteiger partial charge in [0, 0.05) is 18.7 Å². The Bertz CT molecular complexity index is 1000. The smallest absolute Gasteiger partial charge is 0.255 e. The normalized spacial score (nSPS) is 21.5. The van der Waals surface area contributed by atoms with Crippen molar-refractivity contribution >= 4 is 33.4 Å². The molecule has 2 fully saturated rings. The highest BCUT2D eigenvalue weighted by molar-refractivity contribution is 7.16. The zero-order valence-corrected chi connectivity index (χ0v) is 14.6. The molecule has 7 nitrogen and oxygen atoms in total. The highest BCUT2D eigenvalue weighted by Crippen LogP contribution is 2.33. The third-order valence-corrected chi connectivity index (χ3v) is 5.98. The van der Waals surface area contributed by atoms with Gasteiger partial charge in [0.1, 0.15) is 0 Å². The van der Waals surface area contributed by atoms with Crippen molar-refractivity contribution in [2.45, 2.75) is 18.5 Å². The van der Waals surface area contributed by atoms with Crippen LogP contribution in [0.15, 0.2) is 42.2 Å². The van der Waals surface area contributed by atoms with E-state index in [-0.39, 0.29) is 23.9 Å². The van der Waals surface area contributed by atoms with Crippen LogP contribution in [0, 0.1) is 0 Å².